The fourth-order valence-electron chi connectivity index (χ4n) is 2.41. The molecule has 4 aromatic heterocycles. The van der Waals surface area contributed by atoms with E-state index in [1.165, 1.54) is 21.5 Å². The zero-order chi connectivity index (χ0) is 17.4. The molecule has 0 saturated heterocycles. The smallest absolute Gasteiger partial charge is 0.270 e. The molecule has 0 amide bonds. The first kappa shape index (κ1) is 14.8. The largest absolute Gasteiger partial charge is 0.493 e. The van der Waals surface area contributed by atoms with Gasteiger partial charge in [0, 0.05) is 6.20 Å². The number of hydrazone groups is 1. The fraction of sp³-hybridized carbons (Fsp3) is 0.0667. The van der Waals surface area contributed by atoms with Crippen LogP contribution in [0.1, 0.15) is 11.3 Å². The maximum atomic E-state index is 12.4. The minimum absolute atomic E-state index is 0.0283. The molecule has 4 aromatic rings. The summed E-state index contributed by atoms with van der Waals surface area (Å²) in [5.41, 5.74) is 4.47. The highest BCUT2D eigenvalue weighted by molar-refractivity contribution is 5.83. The van der Waals surface area contributed by atoms with Gasteiger partial charge in [-0.3, -0.25) is 14.6 Å². The van der Waals surface area contributed by atoms with E-state index < -0.39 is 5.56 Å². The highest BCUT2D eigenvalue weighted by Crippen LogP contribution is 2.15. The van der Waals surface area contributed by atoms with Crippen molar-refractivity contribution in [2.45, 2.75) is 6.92 Å². The first-order valence-electron chi connectivity index (χ1n) is 7.30. The van der Waals surface area contributed by atoms with Crippen molar-refractivity contribution < 1.29 is 5.11 Å². The van der Waals surface area contributed by atoms with Crippen LogP contribution < -0.4 is 11.0 Å². The summed E-state index contributed by atoms with van der Waals surface area (Å²) < 4.78 is 2.84. The van der Waals surface area contributed by atoms with Gasteiger partial charge in [0.05, 0.1) is 11.9 Å². The molecule has 0 aliphatic carbocycles. The Balaban J connectivity index is 1.71. The standard InChI is InChI=1S/C15H12N8O2/c1-9-6-11(13-20-17-8-23(13)21-9)19-16-7-10-14(24)18-12-4-2-3-5-22(12)15(10)25/h2-8,19,24H,1H3/b16-7+. The van der Waals surface area contributed by atoms with Crippen LogP contribution >= 0.6 is 0 Å². The molecule has 4 rings (SSSR count). The van der Waals surface area contributed by atoms with Crippen LogP contribution in [0.15, 0.2) is 46.7 Å². The molecule has 4 heterocycles. The van der Waals surface area contributed by atoms with E-state index in [-0.39, 0.29) is 11.4 Å². The number of hydrogen-bond donors (Lipinski definition) is 2. The molecular weight excluding hydrogens is 324 g/mol. The molecule has 0 bridgehead atoms. The Labute approximate surface area is 140 Å². The minimum Gasteiger partial charge on any atom is -0.493 e. The van der Waals surface area contributed by atoms with Crippen molar-refractivity contribution in [2.24, 2.45) is 5.10 Å². The molecule has 0 saturated carbocycles. The molecular formula is C15H12N8O2. The van der Waals surface area contributed by atoms with Gasteiger partial charge in [0.1, 0.15) is 23.2 Å². The quantitative estimate of drug-likeness (QED) is 0.415. The summed E-state index contributed by atoms with van der Waals surface area (Å²) in [5, 5.41) is 26.0. The molecule has 0 aliphatic heterocycles. The van der Waals surface area contributed by atoms with Crippen molar-refractivity contribution in [3.8, 4) is 5.88 Å². The van der Waals surface area contributed by atoms with Crippen molar-refractivity contribution in [3.05, 3.63) is 58.4 Å². The summed E-state index contributed by atoms with van der Waals surface area (Å²) in [7, 11) is 0. The van der Waals surface area contributed by atoms with Gasteiger partial charge in [0.15, 0.2) is 0 Å². The van der Waals surface area contributed by atoms with E-state index in [9.17, 15) is 9.90 Å². The van der Waals surface area contributed by atoms with Gasteiger partial charge >= 0.3 is 0 Å². The second-order valence-corrected chi connectivity index (χ2v) is 5.25. The van der Waals surface area contributed by atoms with Crippen LogP contribution in [0.5, 0.6) is 5.88 Å². The number of pyridine rings is 1. The number of fused-ring (bicyclic) bond motifs is 2. The summed E-state index contributed by atoms with van der Waals surface area (Å²) >= 11 is 0. The number of anilines is 1. The zero-order valence-electron chi connectivity index (χ0n) is 13.0. The van der Waals surface area contributed by atoms with Gasteiger partial charge in [-0.2, -0.15) is 19.7 Å². The average Bonchev–Trinajstić information content (AvgIpc) is 3.06. The van der Waals surface area contributed by atoms with Crippen LogP contribution in [0.3, 0.4) is 0 Å². The SMILES string of the molecule is Cc1cc(N/N=C/c2c(O)nc3ccccn3c2=O)c2nncn2n1. The summed E-state index contributed by atoms with van der Waals surface area (Å²) in [6.07, 6.45) is 4.26. The van der Waals surface area contributed by atoms with Crippen LogP contribution in [0, 0.1) is 6.92 Å². The topological polar surface area (TPSA) is 122 Å². The second-order valence-electron chi connectivity index (χ2n) is 5.25. The molecule has 0 unspecified atom stereocenters. The number of nitrogens with one attached hydrogen (secondary N) is 1. The van der Waals surface area contributed by atoms with Crippen LogP contribution in [-0.4, -0.2) is 40.5 Å². The molecule has 25 heavy (non-hydrogen) atoms. The van der Waals surface area contributed by atoms with Gasteiger partial charge in [-0.05, 0) is 25.1 Å². The third-order valence-corrected chi connectivity index (χ3v) is 3.52. The Hall–Kier alpha value is -3.82. The highest BCUT2D eigenvalue weighted by Gasteiger charge is 2.10. The Morgan fingerprint density at radius 1 is 1.36 bits per heavy atom. The van der Waals surface area contributed by atoms with E-state index in [4.69, 9.17) is 0 Å². The monoisotopic (exact) mass is 336 g/mol. The highest BCUT2D eigenvalue weighted by atomic mass is 16.3. The van der Waals surface area contributed by atoms with Gasteiger partial charge in [-0.15, -0.1) is 10.2 Å². The number of hydrogen-bond acceptors (Lipinski definition) is 8. The van der Waals surface area contributed by atoms with Crippen molar-refractivity contribution in [2.75, 3.05) is 5.43 Å². The molecule has 0 atom stereocenters. The van der Waals surface area contributed by atoms with Gasteiger partial charge in [0.25, 0.3) is 5.56 Å². The summed E-state index contributed by atoms with van der Waals surface area (Å²) in [4.78, 5) is 16.4. The Kier molecular flexibility index (Phi) is 3.35. The maximum absolute atomic E-state index is 12.4. The lowest BCUT2D eigenvalue weighted by molar-refractivity contribution is 0.452. The van der Waals surface area contributed by atoms with E-state index in [0.717, 1.165) is 5.69 Å². The Bertz CT molecular complexity index is 1180. The molecule has 0 radical (unpaired) electrons. The first-order chi connectivity index (χ1) is 12.1. The van der Waals surface area contributed by atoms with E-state index in [1.807, 2.05) is 6.92 Å². The fourth-order valence-corrected chi connectivity index (χ4v) is 2.41. The number of nitrogens with zero attached hydrogens (tertiary/aromatic N) is 7. The van der Waals surface area contributed by atoms with E-state index in [1.54, 1.807) is 30.5 Å². The van der Waals surface area contributed by atoms with Crippen LogP contribution in [0.4, 0.5) is 5.69 Å². The predicted octanol–water partition coefficient (Wildman–Crippen LogP) is 0.592. The Morgan fingerprint density at radius 2 is 2.24 bits per heavy atom. The molecule has 10 nitrogen and oxygen atoms in total. The normalized spacial score (nSPS) is 11.6. The van der Waals surface area contributed by atoms with Crippen molar-refractivity contribution in [1.29, 1.82) is 0 Å². The average molecular weight is 336 g/mol. The summed E-state index contributed by atoms with van der Waals surface area (Å²) in [5.74, 6) is -0.389. The van der Waals surface area contributed by atoms with Crippen molar-refractivity contribution in [1.82, 2.24) is 29.2 Å². The molecule has 0 spiro atoms. The lowest BCUT2D eigenvalue weighted by Gasteiger charge is -2.04. The van der Waals surface area contributed by atoms with E-state index in [0.29, 0.717) is 17.0 Å². The molecule has 0 aliphatic rings. The lowest BCUT2D eigenvalue weighted by atomic mass is 10.3. The molecule has 124 valence electrons. The molecule has 0 fully saturated rings. The van der Waals surface area contributed by atoms with Crippen LogP contribution in [-0.2, 0) is 0 Å². The Morgan fingerprint density at radius 3 is 3.12 bits per heavy atom. The maximum Gasteiger partial charge on any atom is 0.270 e. The zero-order valence-corrected chi connectivity index (χ0v) is 13.0. The van der Waals surface area contributed by atoms with Gasteiger partial charge in [-0.1, -0.05) is 6.07 Å². The number of aryl methyl sites for hydroxylation is 1. The van der Waals surface area contributed by atoms with E-state index in [2.05, 4.69) is 30.8 Å². The number of aromatic nitrogens is 6. The summed E-state index contributed by atoms with van der Waals surface area (Å²) in [6, 6.07) is 6.80. The van der Waals surface area contributed by atoms with Crippen LogP contribution in [0.25, 0.3) is 11.3 Å². The first-order valence-corrected chi connectivity index (χ1v) is 7.30. The summed E-state index contributed by atoms with van der Waals surface area (Å²) in [6.45, 7) is 1.82. The van der Waals surface area contributed by atoms with Gasteiger partial charge in [0.2, 0.25) is 11.5 Å². The lowest BCUT2D eigenvalue weighted by Crippen LogP contribution is -2.19. The predicted molar refractivity (Wildman–Crippen MR) is 89.9 cm³/mol. The third kappa shape index (κ3) is 2.55. The molecule has 0 aromatic carbocycles. The van der Waals surface area contributed by atoms with Gasteiger partial charge < -0.3 is 5.11 Å². The minimum atomic E-state index is -0.424. The van der Waals surface area contributed by atoms with E-state index >= 15 is 0 Å². The molecule has 10 heteroatoms. The number of rotatable bonds is 3. The van der Waals surface area contributed by atoms with Crippen LogP contribution in [0.2, 0.25) is 0 Å². The van der Waals surface area contributed by atoms with Crippen molar-refractivity contribution in [3.63, 3.8) is 0 Å². The van der Waals surface area contributed by atoms with Crippen molar-refractivity contribution >= 4 is 23.2 Å². The molecule has 2 N–H and O–H groups in total. The third-order valence-electron chi connectivity index (χ3n) is 3.52. The van der Waals surface area contributed by atoms with Gasteiger partial charge in [-0.25, -0.2) is 0 Å². The number of aromatic hydroxyl groups is 1. The second kappa shape index (κ2) is 5.67.